The van der Waals surface area contributed by atoms with E-state index in [0.29, 0.717) is 17.1 Å². The van der Waals surface area contributed by atoms with Gasteiger partial charge in [-0.15, -0.1) is 11.3 Å². The molecule has 0 atom stereocenters. The van der Waals surface area contributed by atoms with Crippen molar-refractivity contribution in [2.75, 3.05) is 6.54 Å². The number of halogens is 2. The molecule has 0 aliphatic heterocycles. The molecule has 152 valence electrons. The summed E-state index contributed by atoms with van der Waals surface area (Å²) >= 11 is 7.67. The smallest absolute Gasteiger partial charge is 0.243 e. The van der Waals surface area contributed by atoms with Gasteiger partial charge in [0.2, 0.25) is 15.9 Å². The number of carbonyl (C=O) groups is 1. The van der Waals surface area contributed by atoms with E-state index in [2.05, 4.69) is 5.32 Å². The van der Waals surface area contributed by atoms with Crippen LogP contribution in [0.1, 0.15) is 10.4 Å². The average molecular weight is 453 g/mol. The van der Waals surface area contributed by atoms with Crippen LogP contribution in [0, 0.1) is 5.82 Å². The summed E-state index contributed by atoms with van der Waals surface area (Å²) in [7, 11) is -4.05. The van der Waals surface area contributed by atoms with Gasteiger partial charge in [-0.1, -0.05) is 35.9 Å². The highest BCUT2D eigenvalue weighted by Crippen LogP contribution is 2.22. The Labute approximate surface area is 177 Å². The highest BCUT2D eigenvalue weighted by Gasteiger charge is 2.27. The number of thiophene rings is 1. The van der Waals surface area contributed by atoms with Crippen LogP contribution < -0.4 is 5.32 Å². The van der Waals surface area contributed by atoms with Crippen molar-refractivity contribution in [3.05, 3.63) is 87.3 Å². The van der Waals surface area contributed by atoms with E-state index < -0.39 is 28.3 Å². The zero-order valence-corrected chi connectivity index (χ0v) is 17.6. The fraction of sp³-hybridized carbons (Fsp3) is 0.150. The Kier molecular flexibility index (Phi) is 7.02. The quantitative estimate of drug-likeness (QED) is 0.560. The van der Waals surface area contributed by atoms with Gasteiger partial charge in [0.1, 0.15) is 5.82 Å². The molecule has 1 aromatic heterocycles. The fourth-order valence-corrected chi connectivity index (χ4v) is 4.83. The Morgan fingerprint density at radius 1 is 1.07 bits per heavy atom. The summed E-state index contributed by atoms with van der Waals surface area (Å²) in [6, 6.07) is 15.0. The maximum Gasteiger partial charge on any atom is 0.243 e. The molecule has 1 heterocycles. The van der Waals surface area contributed by atoms with Gasteiger partial charge in [-0.05, 0) is 47.3 Å². The molecule has 0 unspecified atom stereocenters. The van der Waals surface area contributed by atoms with Gasteiger partial charge in [-0.25, -0.2) is 12.8 Å². The van der Waals surface area contributed by atoms with Crippen LogP contribution >= 0.6 is 22.9 Å². The van der Waals surface area contributed by atoms with Gasteiger partial charge in [0.25, 0.3) is 0 Å². The lowest BCUT2D eigenvalue weighted by molar-refractivity contribution is -0.121. The number of nitrogens with one attached hydrogen (secondary N) is 1. The van der Waals surface area contributed by atoms with Gasteiger partial charge < -0.3 is 5.32 Å². The van der Waals surface area contributed by atoms with Gasteiger partial charge in [0, 0.05) is 16.4 Å². The highest BCUT2D eigenvalue weighted by molar-refractivity contribution is 7.89. The summed E-state index contributed by atoms with van der Waals surface area (Å²) in [6.45, 7) is -0.171. The molecule has 0 saturated carbocycles. The normalized spacial score (nSPS) is 11.6. The van der Waals surface area contributed by atoms with Crippen molar-refractivity contribution in [1.82, 2.24) is 9.62 Å². The summed E-state index contributed by atoms with van der Waals surface area (Å²) < 4.78 is 40.5. The predicted molar refractivity (Wildman–Crippen MR) is 112 cm³/mol. The van der Waals surface area contributed by atoms with Crippen LogP contribution in [0.15, 0.2) is 70.9 Å². The maximum atomic E-state index is 13.2. The number of hydrogen-bond acceptors (Lipinski definition) is 4. The van der Waals surface area contributed by atoms with E-state index in [-0.39, 0.29) is 11.4 Å². The number of amides is 1. The van der Waals surface area contributed by atoms with E-state index in [1.165, 1.54) is 23.5 Å². The topological polar surface area (TPSA) is 66.5 Å². The molecule has 0 aliphatic carbocycles. The van der Waals surface area contributed by atoms with E-state index in [0.717, 1.165) is 21.3 Å². The van der Waals surface area contributed by atoms with Crippen molar-refractivity contribution in [1.29, 1.82) is 0 Å². The van der Waals surface area contributed by atoms with Crippen LogP contribution in [-0.2, 0) is 27.9 Å². The molecule has 2 aromatic carbocycles. The largest absolute Gasteiger partial charge is 0.350 e. The SMILES string of the molecule is O=C(CN(Cc1ccccc1Cl)S(=O)(=O)c1ccc(F)cc1)NCc1cccs1. The van der Waals surface area contributed by atoms with Crippen molar-refractivity contribution in [2.24, 2.45) is 0 Å². The van der Waals surface area contributed by atoms with E-state index in [1.807, 2.05) is 17.5 Å². The predicted octanol–water partition coefficient (Wildman–Crippen LogP) is 4.05. The highest BCUT2D eigenvalue weighted by atomic mass is 35.5. The van der Waals surface area contributed by atoms with E-state index in [1.54, 1.807) is 24.3 Å². The Morgan fingerprint density at radius 3 is 2.45 bits per heavy atom. The second-order valence-corrected chi connectivity index (χ2v) is 9.55. The van der Waals surface area contributed by atoms with Crippen molar-refractivity contribution < 1.29 is 17.6 Å². The first-order valence-electron chi connectivity index (χ1n) is 8.64. The lowest BCUT2D eigenvalue weighted by atomic mass is 10.2. The van der Waals surface area contributed by atoms with Crippen LogP contribution in [0.2, 0.25) is 5.02 Å². The van der Waals surface area contributed by atoms with Gasteiger partial charge in [0.05, 0.1) is 18.0 Å². The molecule has 1 amide bonds. The van der Waals surface area contributed by atoms with Gasteiger partial charge in [-0.3, -0.25) is 4.79 Å². The molecule has 5 nitrogen and oxygen atoms in total. The Balaban J connectivity index is 1.83. The molecule has 0 fully saturated rings. The van der Waals surface area contributed by atoms with Crippen molar-refractivity contribution in [3.8, 4) is 0 Å². The fourth-order valence-electron chi connectivity index (χ4n) is 2.61. The minimum atomic E-state index is -4.05. The second-order valence-electron chi connectivity index (χ2n) is 6.17. The minimum Gasteiger partial charge on any atom is -0.350 e. The molecule has 0 spiro atoms. The zero-order valence-electron chi connectivity index (χ0n) is 15.2. The number of carbonyl (C=O) groups excluding carboxylic acids is 1. The molecule has 0 bridgehead atoms. The van der Waals surface area contributed by atoms with Crippen LogP contribution in [-0.4, -0.2) is 25.2 Å². The van der Waals surface area contributed by atoms with E-state index >= 15 is 0 Å². The molecule has 0 radical (unpaired) electrons. The van der Waals surface area contributed by atoms with Gasteiger partial charge in [-0.2, -0.15) is 4.31 Å². The second kappa shape index (κ2) is 9.49. The third-order valence-corrected chi connectivity index (χ3v) is 7.17. The first-order valence-corrected chi connectivity index (χ1v) is 11.3. The molecule has 29 heavy (non-hydrogen) atoms. The average Bonchev–Trinajstić information content (AvgIpc) is 3.21. The van der Waals surface area contributed by atoms with E-state index in [4.69, 9.17) is 11.6 Å². The summed E-state index contributed by atoms with van der Waals surface area (Å²) in [5.74, 6) is -0.994. The number of nitrogens with zero attached hydrogens (tertiary/aromatic N) is 1. The van der Waals surface area contributed by atoms with Crippen molar-refractivity contribution in [2.45, 2.75) is 18.0 Å². The third kappa shape index (κ3) is 5.63. The summed E-state index contributed by atoms with van der Waals surface area (Å²) in [5, 5.41) is 5.01. The third-order valence-electron chi connectivity index (χ3n) is 4.12. The van der Waals surface area contributed by atoms with Crippen molar-refractivity contribution in [3.63, 3.8) is 0 Å². The van der Waals surface area contributed by atoms with Crippen LogP contribution in [0.25, 0.3) is 0 Å². The Morgan fingerprint density at radius 2 is 1.79 bits per heavy atom. The maximum absolute atomic E-state index is 13.2. The summed E-state index contributed by atoms with van der Waals surface area (Å²) in [5.41, 5.74) is 0.561. The molecule has 0 saturated heterocycles. The molecule has 0 aliphatic rings. The number of benzene rings is 2. The summed E-state index contributed by atoms with van der Waals surface area (Å²) in [6.07, 6.45) is 0. The van der Waals surface area contributed by atoms with E-state index in [9.17, 15) is 17.6 Å². The van der Waals surface area contributed by atoms with Crippen molar-refractivity contribution >= 4 is 38.9 Å². The van der Waals surface area contributed by atoms with Crippen LogP contribution in [0.5, 0.6) is 0 Å². The first kappa shape index (κ1) is 21.4. The molecule has 3 rings (SSSR count). The molecule has 9 heteroatoms. The molecule has 1 N–H and O–H groups in total. The Hall–Kier alpha value is -2.26. The minimum absolute atomic E-state index is 0.0915. The standard InChI is InChI=1S/C20H18ClFN2O3S2/c21-19-6-2-1-4-15(19)13-24(14-20(25)23-12-17-5-3-11-28-17)29(26,27)18-9-7-16(22)8-10-18/h1-11H,12-14H2,(H,23,25). The lowest BCUT2D eigenvalue weighted by Crippen LogP contribution is -2.40. The number of hydrogen-bond donors (Lipinski definition) is 1. The van der Waals surface area contributed by atoms with Crippen LogP contribution in [0.3, 0.4) is 0 Å². The summed E-state index contributed by atoms with van der Waals surface area (Å²) in [4.78, 5) is 13.3. The first-order chi connectivity index (χ1) is 13.9. The van der Waals surface area contributed by atoms with Gasteiger partial charge >= 0.3 is 0 Å². The number of rotatable bonds is 8. The monoisotopic (exact) mass is 452 g/mol. The van der Waals surface area contributed by atoms with Crippen LogP contribution in [0.4, 0.5) is 4.39 Å². The number of sulfonamides is 1. The lowest BCUT2D eigenvalue weighted by Gasteiger charge is -2.22. The molecular weight excluding hydrogens is 435 g/mol. The zero-order chi connectivity index (χ0) is 20.9. The van der Waals surface area contributed by atoms with Gasteiger partial charge in [0.15, 0.2) is 0 Å². The molecular formula is C20H18ClFN2O3S2. The molecule has 3 aromatic rings. The Bertz CT molecular complexity index is 1070.